The first-order valence-electron chi connectivity index (χ1n) is 6.95. The summed E-state index contributed by atoms with van der Waals surface area (Å²) >= 11 is 0. The quantitative estimate of drug-likeness (QED) is 0.773. The minimum atomic E-state index is 0.626. The molecule has 2 aromatic heterocycles. The Balaban J connectivity index is 2.17. The molecule has 2 heterocycles. The summed E-state index contributed by atoms with van der Waals surface area (Å²) in [6, 6.07) is 8.09. The maximum Gasteiger partial charge on any atom is 0.127 e. The topological polar surface area (TPSA) is 57.0 Å². The summed E-state index contributed by atoms with van der Waals surface area (Å²) in [5.41, 5.74) is 12.6. The maximum absolute atomic E-state index is 6.18. The first-order valence-corrected chi connectivity index (χ1v) is 6.95. The molecule has 0 fully saturated rings. The summed E-state index contributed by atoms with van der Waals surface area (Å²) in [5.74, 6) is 1.47. The molecule has 0 saturated heterocycles. The van der Waals surface area contributed by atoms with Crippen molar-refractivity contribution in [2.24, 2.45) is 0 Å². The van der Waals surface area contributed by atoms with Crippen LogP contribution in [0.1, 0.15) is 22.5 Å². The second-order valence-corrected chi connectivity index (χ2v) is 5.50. The largest absolute Gasteiger partial charge is 0.469 e. The highest BCUT2D eigenvalue weighted by Crippen LogP contribution is 2.29. The van der Waals surface area contributed by atoms with Gasteiger partial charge < -0.3 is 10.2 Å². The van der Waals surface area contributed by atoms with Crippen molar-refractivity contribution in [1.29, 1.82) is 0 Å². The van der Waals surface area contributed by atoms with Crippen LogP contribution in [0.4, 0.5) is 5.82 Å². The molecule has 0 radical (unpaired) electrons. The highest BCUT2D eigenvalue weighted by Gasteiger charge is 2.15. The van der Waals surface area contributed by atoms with Crippen molar-refractivity contribution in [1.82, 2.24) is 9.78 Å². The zero-order chi connectivity index (χ0) is 15.1. The molecule has 0 aliphatic carbocycles. The molecule has 0 aliphatic rings. The van der Waals surface area contributed by atoms with Crippen LogP contribution in [0.3, 0.4) is 0 Å². The fraction of sp³-hybridized carbons (Fsp3) is 0.235. The van der Waals surface area contributed by atoms with E-state index in [1.54, 1.807) is 6.26 Å². The number of nitrogens with zero attached hydrogens (tertiary/aromatic N) is 2. The van der Waals surface area contributed by atoms with Gasteiger partial charge in [0.15, 0.2) is 0 Å². The predicted molar refractivity (Wildman–Crippen MR) is 84.6 cm³/mol. The van der Waals surface area contributed by atoms with Crippen LogP contribution in [-0.2, 0) is 0 Å². The van der Waals surface area contributed by atoms with Crippen LogP contribution >= 0.6 is 0 Å². The Morgan fingerprint density at radius 1 is 1.05 bits per heavy atom. The van der Waals surface area contributed by atoms with Crippen molar-refractivity contribution in [3.8, 4) is 16.9 Å². The van der Waals surface area contributed by atoms with E-state index in [1.807, 2.05) is 23.7 Å². The fourth-order valence-corrected chi connectivity index (χ4v) is 2.86. The third-order valence-corrected chi connectivity index (χ3v) is 3.72. The number of rotatable bonds is 2. The SMILES string of the molecule is Cc1cc(C)c(-n2nc(-c3ccoc3C)cc2N)c(C)c1. The molecule has 0 bridgehead atoms. The van der Waals surface area contributed by atoms with Gasteiger partial charge in [0, 0.05) is 11.6 Å². The highest BCUT2D eigenvalue weighted by atomic mass is 16.3. The molecule has 0 amide bonds. The van der Waals surface area contributed by atoms with Gasteiger partial charge in [-0.2, -0.15) is 5.10 Å². The molecule has 2 N–H and O–H groups in total. The molecule has 4 nitrogen and oxygen atoms in total. The van der Waals surface area contributed by atoms with E-state index in [-0.39, 0.29) is 0 Å². The first-order chi connectivity index (χ1) is 9.97. The van der Waals surface area contributed by atoms with E-state index in [4.69, 9.17) is 10.2 Å². The Hall–Kier alpha value is -2.49. The molecule has 0 unspecified atom stereocenters. The van der Waals surface area contributed by atoms with E-state index in [0.29, 0.717) is 5.82 Å². The van der Waals surface area contributed by atoms with Crippen LogP contribution in [0, 0.1) is 27.7 Å². The molecule has 0 saturated carbocycles. The number of aryl methyl sites for hydroxylation is 4. The number of benzene rings is 1. The molecule has 0 aliphatic heterocycles. The molecule has 21 heavy (non-hydrogen) atoms. The summed E-state index contributed by atoms with van der Waals surface area (Å²) < 4.78 is 7.16. The number of hydrogen-bond donors (Lipinski definition) is 1. The number of hydrogen-bond acceptors (Lipinski definition) is 3. The van der Waals surface area contributed by atoms with Crippen LogP contribution in [0.25, 0.3) is 16.9 Å². The molecule has 3 aromatic rings. The highest BCUT2D eigenvalue weighted by molar-refractivity contribution is 5.66. The van der Waals surface area contributed by atoms with Crippen LogP contribution in [0.15, 0.2) is 34.9 Å². The lowest BCUT2D eigenvalue weighted by Crippen LogP contribution is -2.06. The van der Waals surface area contributed by atoms with Gasteiger partial charge in [0.2, 0.25) is 0 Å². The van der Waals surface area contributed by atoms with Gasteiger partial charge in [-0.3, -0.25) is 0 Å². The van der Waals surface area contributed by atoms with E-state index in [0.717, 1.165) is 33.8 Å². The number of aromatic nitrogens is 2. The summed E-state index contributed by atoms with van der Waals surface area (Å²) in [7, 11) is 0. The first kappa shape index (κ1) is 13.5. The average Bonchev–Trinajstić information content (AvgIpc) is 2.95. The molecular weight excluding hydrogens is 262 g/mol. The standard InChI is InChI=1S/C17H19N3O/c1-10-7-11(2)17(12(3)8-10)20-16(18)9-15(19-20)14-5-6-21-13(14)4/h5-9H,18H2,1-4H3. The molecule has 1 aromatic carbocycles. The lowest BCUT2D eigenvalue weighted by molar-refractivity contribution is 0.535. The van der Waals surface area contributed by atoms with Crippen molar-refractivity contribution in [2.75, 3.05) is 5.73 Å². The fourth-order valence-electron chi connectivity index (χ4n) is 2.86. The summed E-state index contributed by atoms with van der Waals surface area (Å²) in [6.45, 7) is 8.18. The zero-order valence-electron chi connectivity index (χ0n) is 12.8. The van der Waals surface area contributed by atoms with Crippen molar-refractivity contribution < 1.29 is 4.42 Å². The maximum atomic E-state index is 6.18. The minimum Gasteiger partial charge on any atom is -0.469 e. The monoisotopic (exact) mass is 281 g/mol. The van der Waals surface area contributed by atoms with Gasteiger partial charge in [-0.25, -0.2) is 4.68 Å². The van der Waals surface area contributed by atoms with Gasteiger partial charge in [0.1, 0.15) is 11.6 Å². The second kappa shape index (κ2) is 4.81. The van der Waals surface area contributed by atoms with E-state index in [1.165, 1.54) is 5.56 Å². The Bertz CT molecular complexity index is 788. The smallest absolute Gasteiger partial charge is 0.127 e. The molecule has 3 rings (SSSR count). The van der Waals surface area contributed by atoms with Gasteiger partial charge in [0.25, 0.3) is 0 Å². The van der Waals surface area contributed by atoms with Crippen molar-refractivity contribution >= 4 is 5.82 Å². The van der Waals surface area contributed by atoms with Gasteiger partial charge in [0.05, 0.1) is 17.6 Å². The Morgan fingerprint density at radius 2 is 1.71 bits per heavy atom. The number of anilines is 1. The lowest BCUT2D eigenvalue weighted by Gasteiger charge is -2.12. The van der Waals surface area contributed by atoms with Crippen LogP contribution in [0.2, 0.25) is 0 Å². The van der Waals surface area contributed by atoms with E-state index < -0.39 is 0 Å². The van der Waals surface area contributed by atoms with Crippen LogP contribution in [0.5, 0.6) is 0 Å². The van der Waals surface area contributed by atoms with Gasteiger partial charge in [-0.15, -0.1) is 0 Å². The van der Waals surface area contributed by atoms with Crippen molar-refractivity contribution in [3.05, 3.63) is 53.0 Å². The van der Waals surface area contributed by atoms with Crippen molar-refractivity contribution in [2.45, 2.75) is 27.7 Å². The Labute approximate surface area is 124 Å². The van der Waals surface area contributed by atoms with E-state index >= 15 is 0 Å². The summed E-state index contributed by atoms with van der Waals surface area (Å²) in [6.07, 6.45) is 1.67. The molecule has 4 heteroatoms. The molecule has 0 atom stereocenters. The van der Waals surface area contributed by atoms with E-state index in [2.05, 4.69) is 38.0 Å². The molecular formula is C17H19N3O. The lowest BCUT2D eigenvalue weighted by atomic mass is 10.1. The molecule has 108 valence electrons. The average molecular weight is 281 g/mol. The number of furan rings is 1. The Kier molecular flexibility index (Phi) is 3.09. The number of nitrogen functional groups attached to an aromatic ring is 1. The normalized spacial score (nSPS) is 11.0. The Morgan fingerprint density at radius 3 is 2.29 bits per heavy atom. The summed E-state index contributed by atoms with van der Waals surface area (Å²) in [5, 5.41) is 4.67. The summed E-state index contributed by atoms with van der Waals surface area (Å²) in [4.78, 5) is 0. The zero-order valence-corrected chi connectivity index (χ0v) is 12.8. The van der Waals surface area contributed by atoms with Crippen molar-refractivity contribution in [3.63, 3.8) is 0 Å². The molecule has 0 spiro atoms. The third kappa shape index (κ3) is 2.23. The van der Waals surface area contributed by atoms with Gasteiger partial charge >= 0.3 is 0 Å². The number of nitrogens with two attached hydrogens (primary N) is 1. The van der Waals surface area contributed by atoms with Gasteiger partial charge in [-0.05, 0) is 44.9 Å². The van der Waals surface area contributed by atoms with Crippen LogP contribution < -0.4 is 5.73 Å². The van der Waals surface area contributed by atoms with Gasteiger partial charge in [-0.1, -0.05) is 17.7 Å². The predicted octanol–water partition coefficient (Wildman–Crippen LogP) is 3.95. The van der Waals surface area contributed by atoms with E-state index in [9.17, 15) is 0 Å². The van der Waals surface area contributed by atoms with Crippen LogP contribution in [-0.4, -0.2) is 9.78 Å². The second-order valence-electron chi connectivity index (χ2n) is 5.50. The third-order valence-electron chi connectivity index (χ3n) is 3.72. The minimum absolute atomic E-state index is 0.626.